The molecule has 8 heteroatoms. The summed E-state index contributed by atoms with van der Waals surface area (Å²) in [5.41, 5.74) is 4.90. The normalized spacial score (nSPS) is 14.2. The van der Waals surface area contributed by atoms with Crippen LogP contribution in [0.4, 0.5) is 17.5 Å². The van der Waals surface area contributed by atoms with Gasteiger partial charge in [-0.25, -0.2) is 4.98 Å². The van der Waals surface area contributed by atoms with Gasteiger partial charge in [0.05, 0.1) is 30.6 Å². The average molecular weight is 435 g/mol. The van der Waals surface area contributed by atoms with E-state index >= 15 is 0 Å². The fraction of sp³-hybridized carbons (Fsp3) is 0.261. The fourth-order valence-corrected chi connectivity index (χ4v) is 3.90. The van der Waals surface area contributed by atoms with Crippen LogP contribution >= 0.6 is 11.6 Å². The molecule has 0 aliphatic carbocycles. The number of rotatable bonds is 4. The van der Waals surface area contributed by atoms with E-state index in [-0.39, 0.29) is 0 Å². The first-order valence-electron chi connectivity index (χ1n) is 10.2. The third-order valence-corrected chi connectivity index (χ3v) is 5.81. The van der Waals surface area contributed by atoms with Crippen molar-refractivity contribution < 1.29 is 4.74 Å². The number of hydrogen-bond donors (Lipinski definition) is 1. The molecular weight excluding hydrogens is 412 g/mol. The van der Waals surface area contributed by atoms with Crippen LogP contribution in [0.25, 0.3) is 22.2 Å². The summed E-state index contributed by atoms with van der Waals surface area (Å²) >= 11 is 6.05. The maximum atomic E-state index is 6.05. The van der Waals surface area contributed by atoms with Crippen molar-refractivity contribution in [2.45, 2.75) is 6.92 Å². The van der Waals surface area contributed by atoms with E-state index in [2.05, 4.69) is 33.5 Å². The zero-order valence-corrected chi connectivity index (χ0v) is 18.2. The Hall–Kier alpha value is -3.16. The smallest absolute Gasteiger partial charge is 0.228 e. The number of ether oxygens (including phenoxy) is 1. The van der Waals surface area contributed by atoms with Crippen LogP contribution in [0.3, 0.4) is 0 Å². The van der Waals surface area contributed by atoms with Crippen molar-refractivity contribution in [1.82, 2.24) is 19.7 Å². The zero-order valence-electron chi connectivity index (χ0n) is 17.5. The Labute approximate surface area is 185 Å². The number of anilines is 3. The largest absolute Gasteiger partial charge is 0.378 e. The quantitative estimate of drug-likeness (QED) is 0.507. The number of halogens is 1. The summed E-state index contributed by atoms with van der Waals surface area (Å²) in [4.78, 5) is 12.0. The van der Waals surface area contributed by atoms with E-state index in [0.717, 1.165) is 52.3 Å². The molecule has 0 amide bonds. The number of nitrogens with one attached hydrogen (secondary N) is 1. The summed E-state index contributed by atoms with van der Waals surface area (Å²) in [5, 5.41) is 9.61. The van der Waals surface area contributed by atoms with Crippen molar-refractivity contribution in [1.29, 1.82) is 0 Å². The zero-order chi connectivity index (χ0) is 21.4. The maximum Gasteiger partial charge on any atom is 0.228 e. The summed E-state index contributed by atoms with van der Waals surface area (Å²) in [6.45, 7) is 4.93. The highest BCUT2D eigenvalue weighted by molar-refractivity contribution is 6.30. The summed E-state index contributed by atoms with van der Waals surface area (Å²) in [5.74, 6) is 1.48. The molecule has 0 spiro atoms. The van der Waals surface area contributed by atoms with Crippen molar-refractivity contribution >= 4 is 40.0 Å². The van der Waals surface area contributed by atoms with Crippen LogP contribution < -0.4 is 10.2 Å². The highest BCUT2D eigenvalue weighted by Gasteiger charge is 2.19. The molecule has 1 aliphatic rings. The van der Waals surface area contributed by atoms with E-state index in [1.807, 2.05) is 49.1 Å². The molecule has 5 rings (SSSR count). The van der Waals surface area contributed by atoms with Crippen LogP contribution in [0.5, 0.6) is 0 Å². The number of fused-ring (bicyclic) bond motifs is 1. The highest BCUT2D eigenvalue weighted by Crippen LogP contribution is 2.32. The van der Waals surface area contributed by atoms with E-state index < -0.39 is 0 Å². The molecule has 0 radical (unpaired) electrons. The van der Waals surface area contributed by atoms with Gasteiger partial charge in [0.15, 0.2) is 0 Å². The first-order chi connectivity index (χ1) is 15.1. The molecule has 1 N–H and O–H groups in total. The molecule has 4 aromatic rings. The highest BCUT2D eigenvalue weighted by atomic mass is 35.5. The second-order valence-corrected chi connectivity index (χ2v) is 8.06. The van der Waals surface area contributed by atoms with Crippen molar-refractivity contribution in [2.75, 3.05) is 36.5 Å². The first kappa shape index (κ1) is 19.8. The maximum absolute atomic E-state index is 6.05. The molecule has 0 unspecified atom stereocenters. The lowest BCUT2D eigenvalue weighted by molar-refractivity contribution is 0.122. The van der Waals surface area contributed by atoms with Gasteiger partial charge in [-0.15, -0.1) is 0 Å². The molecule has 3 heterocycles. The number of aromatic nitrogens is 4. The Balaban J connectivity index is 1.62. The summed E-state index contributed by atoms with van der Waals surface area (Å²) in [6, 6.07) is 13.9. The topological polar surface area (TPSA) is 68.1 Å². The van der Waals surface area contributed by atoms with Gasteiger partial charge in [-0.05, 0) is 37.3 Å². The Kier molecular flexibility index (Phi) is 5.21. The van der Waals surface area contributed by atoms with Gasteiger partial charge in [0.25, 0.3) is 0 Å². The third kappa shape index (κ3) is 3.94. The van der Waals surface area contributed by atoms with Crippen molar-refractivity contribution in [3.05, 3.63) is 59.2 Å². The second kappa shape index (κ2) is 8.17. The van der Waals surface area contributed by atoms with Crippen molar-refractivity contribution in [3.63, 3.8) is 0 Å². The molecule has 0 bridgehead atoms. The van der Waals surface area contributed by atoms with E-state index in [1.165, 1.54) is 0 Å². The number of aryl methyl sites for hydroxylation is 1. The van der Waals surface area contributed by atoms with E-state index in [9.17, 15) is 0 Å². The molecule has 1 saturated heterocycles. The Morgan fingerprint density at radius 1 is 1.03 bits per heavy atom. The predicted octanol–water partition coefficient (Wildman–Crippen LogP) is 4.57. The standard InChI is InChI=1S/C23H23ClN6O/c1-15-21(16-3-4-17-14-25-29(2)20(17)13-16)27-23(30-9-11-31-12-10-30)28-22(15)26-19-7-5-18(24)6-8-19/h3-8,13-14H,9-12H2,1-2H3,(H,26,27,28). The Bertz CT molecular complexity index is 1230. The lowest BCUT2D eigenvalue weighted by Crippen LogP contribution is -2.37. The molecule has 0 atom stereocenters. The van der Waals surface area contributed by atoms with Crippen LogP contribution in [0.2, 0.25) is 5.02 Å². The minimum absolute atomic E-state index is 0.674. The minimum atomic E-state index is 0.674. The molecule has 2 aromatic carbocycles. The number of nitrogens with zero attached hydrogens (tertiary/aromatic N) is 5. The van der Waals surface area contributed by atoms with E-state index in [4.69, 9.17) is 26.3 Å². The molecule has 1 aliphatic heterocycles. The second-order valence-electron chi connectivity index (χ2n) is 7.62. The Morgan fingerprint density at radius 2 is 1.81 bits per heavy atom. The lowest BCUT2D eigenvalue weighted by Gasteiger charge is -2.28. The monoisotopic (exact) mass is 434 g/mol. The van der Waals surface area contributed by atoms with Gasteiger partial charge in [-0.1, -0.05) is 23.7 Å². The molecule has 31 heavy (non-hydrogen) atoms. The SMILES string of the molecule is Cc1c(Nc2ccc(Cl)cc2)nc(N2CCOCC2)nc1-c1ccc2cnn(C)c2c1. The summed E-state index contributed by atoms with van der Waals surface area (Å²) in [7, 11) is 1.95. The number of benzene rings is 2. The van der Waals surface area contributed by atoms with E-state index in [0.29, 0.717) is 24.2 Å². The molecule has 7 nitrogen and oxygen atoms in total. The van der Waals surface area contributed by atoms with Gasteiger partial charge >= 0.3 is 0 Å². The van der Waals surface area contributed by atoms with Crippen LogP contribution in [-0.2, 0) is 11.8 Å². The predicted molar refractivity (Wildman–Crippen MR) is 124 cm³/mol. The van der Waals surface area contributed by atoms with Crippen LogP contribution in [0, 0.1) is 6.92 Å². The van der Waals surface area contributed by atoms with Gasteiger partial charge in [0.1, 0.15) is 5.82 Å². The lowest BCUT2D eigenvalue weighted by atomic mass is 10.1. The summed E-state index contributed by atoms with van der Waals surface area (Å²) < 4.78 is 7.39. The van der Waals surface area contributed by atoms with Crippen LogP contribution in [-0.4, -0.2) is 46.1 Å². The fourth-order valence-electron chi connectivity index (χ4n) is 3.77. The molecule has 1 fully saturated rings. The molecule has 2 aromatic heterocycles. The van der Waals surface area contributed by atoms with Crippen molar-refractivity contribution in [3.8, 4) is 11.3 Å². The third-order valence-electron chi connectivity index (χ3n) is 5.56. The average Bonchev–Trinajstić information content (AvgIpc) is 3.17. The summed E-state index contributed by atoms with van der Waals surface area (Å²) in [6.07, 6.45) is 1.87. The molecule has 158 valence electrons. The van der Waals surface area contributed by atoms with Gasteiger partial charge in [-0.3, -0.25) is 4.68 Å². The minimum Gasteiger partial charge on any atom is -0.378 e. The number of morpholine rings is 1. The van der Waals surface area contributed by atoms with Gasteiger partial charge in [0.2, 0.25) is 5.95 Å². The van der Waals surface area contributed by atoms with Gasteiger partial charge in [0, 0.05) is 47.4 Å². The first-order valence-corrected chi connectivity index (χ1v) is 10.6. The van der Waals surface area contributed by atoms with Crippen molar-refractivity contribution in [2.24, 2.45) is 7.05 Å². The molecular formula is C23H23ClN6O. The Morgan fingerprint density at radius 3 is 2.58 bits per heavy atom. The van der Waals surface area contributed by atoms with Crippen LogP contribution in [0.15, 0.2) is 48.7 Å². The number of hydrogen-bond acceptors (Lipinski definition) is 6. The van der Waals surface area contributed by atoms with Gasteiger partial charge in [-0.2, -0.15) is 10.1 Å². The van der Waals surface area contributed by atoms with Crippen LogP contribution in [0.1, 0.15) is 5.56 Å². The van der Waals surface area contributed by atoms with Gasteiger partial charge < -0.3 is 15.0 Å². The molecule has 0 saturated carbocycles. The van der Waals surface area contributed by atoms with E-state index in [1.54, 1.807) is 0 Å².